The van der Waals surface area contributed by atoms with E-state index in [1.165, 1.54) is 29.5 Å². The van der Waals surface area contributed by atoms with Crippen LogP contribution < -0.4 is 10.5 Å². The molecule has 2 aromatic rings. The van der Waals surface area contributed by atoms with Crippen molar-refractivity contribution in [3.05, 3.63) is 44.6 Å². The van der Waals surface area contributed by atoms with E-state index in [2.05, 4.69) is 5.32 Å². The Hall–Kier alpha value is -1.41. The fourth-order valence-corrected chi connectivity index (χ4v) is 3.49. The van der Waals surface area contributed by atoms with Crippen LogP contribution in [0, 0.1) is 13.8 Å². The van der Waals surface area contributed by atoms with E-state index in [1.54, 1.807) is 12.3 Å². The summed E-state index contributed by atoms with van der Waals surface area (Å²) in [7, 11) is -3.76. The van der Waals surface area contributed by atoms with E-state index < -0.39 is 10.0 Å². The summed E-state index contributed by atoms with van der Waals surface area (Å²) in [5.74, 6) is -0.329. The molecular formula is C13H13ClN2O3S2. The number of aryl methyl sites for hydroxylation is 2. The average molecular weight is 345 g/mol. The van der Waals surface area contributed by atoms with Crippen LogP contribution in [0.5, 0.6) is 0 Å². The van der Waals surface area contributed by atoms with Gasteiger partial charge in [0, 0.05) is 5.69 Å². The third-order valence-corrected chi connectivity index (χ3v) is 5.49. The SMILES string of the molecule is Cc1cc(S(N)(=O)=O)ccc1NC(=O)c1scc(C)c1Cl. The van der Waals surface area contributed by atoms with E-state index in [0.29, 0.717) is 21.2 Å². The predicted molar refractivity (Wildman–Crippen MR) is 84.6 cm³/mol. The third-order valence-electron chi connectivity index (χ3n) is 2.88. The standard InChI is InChI=1S/C13H13ClN2O3S2/c1-7-5-9(21(15,18)19)3-4-10(7)16-13(17)12-11(14)8(2)6-20-12/h3-6H,1-2H3,(H,16,17)(H2,15,18,19). The number of hydrogen-bond donors (Lipinski definition) is 2. The smallest absolute Gasteiger partial charge is 0.267 e. The summed E-state index contributed by atoms with van der Waals surface area (Å²) < 4.78 is 22.5. The van der Waals surface area contributed by atoms with Crippen LogP contribution >= 0.6 is 22.9 Å². The molecule has 0 fully saturated rings. The Balaban J connectivity index is 2.28. The topological polar surface area (TPSA) is 89.3 Å². The van der Waals surface area contributed by atoms with Crippen molar-refractivity contribution < 1.29 is 13.2 Å². The molecule has 21 heavy (non-hydrogen) atoms. The number of benzene rings is 1. The number of rotatable bonds is 3. The van der Waals surface area contributed by atoms with Crippen LogP contribution in [0.1, 0.15) is 20.8 Å². The summed E-state index contributed by atoms with van der Waals surface area (Å²) in [5.41, 5.74) is 1.95. The zero-order chi connectivity index (χ0) is 15.8. The highest BCUT2D eigenvalue weighted by molar-refractivity contribution is 7.89. The number of primary sulfonamides is 1. The lowest BCUT2D eigenvalue weighted by molar-refractivity contribution is 0.103. The number of sulfonamides is 1. The highest BCUT2D eigenvalue weighted by atomic mass is 35.5. The second-order valence-electron chi connectivity index (χ2n) is 4.54. The van der Waals surface area contributed by atoms with Crippen molar-refractivity contribution in [1.82, 2.24) is 0 Å². The van der Waals surface area contributed by atoms with Crippen molar-refractivity contribution in [2.24, 2.45) is 5.14 Å². The van der Waals surface area contributed by atoms with Crippen LogP contribution in [0.25, 0.3) is 0 Å². The maximum Gasteiger partial charge on any atom is 0.267 e. The number of thiophene rings is 1. The van der Waals surface area contributed by atoms with Gasteiger partial charge in [0.1, 0.15) is 4.88 Å². The summed E-state index contributed by atoms with van der Waals surface area (Å²) in [5, 5.41) is 10.00. The maximum atomic E-state index is 12.2. The summed E-state index contributed by atoms with van der Waals surface area (Å²) in [6.07, 6.45) is 0. The highest BCUT2D eigenvalue weighted by Crippen LogP contribution is 2.28. The Morgan fingerprint density at radius 3 is 2.43 bits per heavy atom. The lowest BCUT2D eigenvalue weighted by Crippen LogP contribution is -2.14. The van der Waals surface area contributed by atoms with Gasteiger partial charge in [0.2, 0.25) is 10.0 Å². The van der Waals surface area contributed by atoms with Crippen LogP contribution in [0.15, 0.2) is 28.5 Å². The second-order valence-corrected chi connectivity index (χ2v) is 7.36. The summed E-state index contributed by atoms with van der Waals surface area (Å²) in [4.78, 5) is 12.6. The molecule has 2 rings (SSSR count). The molecule has 0 spiro atoms. The predicted octanol–water partition coefficient (Wildman–Crippen LogP) is 2.92. The Morgan fingerprint density at radius 1 is 1.29 bits per heavy atom. The molecule has 0 unspecified atom stereocenters. The van der Waals surface area contributed by atoms with Crippen molar-refractivity contribution in [3.63, 3.8) is 0 Å². The van der Waals surface area contributed by atoms with Crippen LogP contribution in [0.4, 0.5) is 5.69 Å². The number of nitrogens with one attached hydrogen (secondary N) is 1. The van der Waals surface area contributed by atoms with Crippen LogP contribution in [-0.4, -0.2) is 14.3 Å². The molecule has 112 valence electrons. The van der Waals surface area contributed by atoms with E-state index in [9.17, 15) is 13.2 Å². The molecule has 0 atom stereocenters. The van der Waals surface area contributed by atoms with E-state index in [0.717, 1.165) is 5.56 Å². The fraction of sp³-hybridized carbons (Fsp3) is 0.154. The molecule has 0 aliphatic carbocycles. The number of carbonyl (C=O) groups excluding carboxylic acids is 1. The monoisotopic (exact) mass is 344 g/mol. The molecule has 0 bridgehead atoms. The van der Waals surface area contributed by atoms with Crippen molar-refractivity contribution >= 4 is 44.6 Å². The minimum Gasteiger partial charge on any atom is -0.321 e. The minimum atomic E-state index is -3.76. The van der Waals surface area contributed by atoms with Crippen LogP contribution in [0.3, 0.4) is 0 Å². The summed E-state index contributed by atoms with van der Waals surface area (Å²) in [6.45, 7) is 3.51. The zero-order valence-corrected chi connectivity index (χ0v) is 13.7. The Kier molecular flexibility index (Phi) is 4.38. The van der Waals surface area contributed by atoms with Gasteiger partial charge in [-0.05, 0) is 48.6 Å². The second kappa shape index (κ2) is 5.76. The molecule has 1 aromatic heterocycles. The van der Waals surface area contributed by atoms with Crippen molar-refractivity contribution in [2.75, 3.05) is 5.32 Å². The van der Waals surface area contributed by atoms with Gasteiger partial charge in [-0.2, -0.15) is 0 Å². The molecule has 1 heterocycles. The molecule has 0 saturated heterocycles. The van der Waals surface area contributed by atoms with Gasteiger partial charge < -0.3 is 5.32 Å². The number of hydrogen-bond acceptors (Lipinski definition) is 4. The molecule has 0 aliphatic heterocycles. The number of nitrogens with two attached hydrogens (primary N) is 1. The van der Waals surface area contributed by atoms with E-state index in [-0.39, 0.29) is 10.8 Å². The lowest BCUT2D eigenvalue weighted by Gasteiger charge is -2.09. The molecule has 3 N–H and O–H groups in total. The molecule has 0 aliphatic rings. The Labute approximate surface area is 131 Å². The minimum absolute atomic E-state index is 0.00278. The maximum absolute atomic E-state index is 12.2. The van der Waals surface area contributed by atoms with Gasteiger partial charge >= 0.3 is 0 Å². The first-order valence-corrected chi connectivity index (χ1v) is 8.69. The summed E-state index contributed by atoms with van der Waals surface area (Å²) in [6, 6.07) is 4.26. The number of anilines is 1. The van der Waals surface area contributed by atoms with Gasteiger partial charge in [-0.3, -0.25) is 4.79 Å². The van der Waals surface area contributed by atoms with Crippen molar-refractivity contribution in [3.8, 4) is 0 Å². The number of halogens is 1. The van der Waals surface area contributed by atoms with Gasteiger partial charge in [-0.25, -0.2) is 13.6 Å². The largest absolute Gasteiger partial charge is 0.321 e. The molecule has 0 radical (unpaired) electrons. The van der Waals surface area contributed by atoms with Crippen molar-refractivity contribution in [2.45, 2.75) is 18.7 Å². The first-order valence-electron chi connectivity index (χ1n) is 5.88. The third kappa shape index (κ3) is 3.44. The van der Waals surface area contributed by atoms with Gasteiger partial charge in [0.05, 0.1) is 9.92 Å². The molecular weight excluding hydrogens is 332 g/mol. The lowest BCUT2D eigenvalue weighted by atomic mass is 10.2. The number of carbonyl (C=O) groups is 1. The van der Waals surface area contributed by atoms with E-state index in [1.807, 2.05) is 6.92 Å². The number of amides is 1. The molecule has 1 amide bonds. The van der Waals surface area contributed by atoms with Gasteiger partial charge in [-0.1, -0.05) is 11.6 Å². The Bertz CT molecular complexity index is 813. The fourth-order valence-electron chi connectivity index (χ4n) is 1.72. The molecule has 0 saturated carbocycles. The van der Waals surface area contributed by atoms with Gasteiger partial charge in [-0.15, -0.1) is 11.3 Å². The van der Waals surface area contributed by atoms with Gasteiger partial charge in [0.15, 0.2) is 0 Å². The molecule has 8 heteroatoms. The summed E-state index contributed by atoms with van der Waals surface area (Å²) >= 11 is 7.31. The van der Waals surface area contributed by atoms with Crippen molar-refractivity contribution in [1.29, 1.82) is 0 Å². The molecule has 1 aromatic carbocycles. The van der Waals surface area contributed by atoms with E-state index >= 15 is 0 Å². The van der Waals surface area contributed by atoms with Crippen LogP contribution in [0.2, 0.25) is 5.02 Å². The highest BCUT2D eigenvalue weighted by Gasteiger charge is 2.16. The average Bonchev–Trinajstić information content (AvgIpc) is 2.71. The normalized spacial score (nSPS) is 11.4. The first-order chi connectivity index (χ1) is 9.70. The Morgan fingerprint density at radius 2 is 1.95 bits per heavy atom. The molecule has 5 nitrogen and oxygen atoms in total. The van der Waals surface area contributed by atoms with Gasteiger partial charge in [0.25, 0.3) is 5.91 Å². The van der Waals surface area contributed by atoms with Crippen LogP contribution in [-0.2, 0) is 10.0 Å². The quantitative estimate of drug-likeness (QED) is 0.897. The first kappa shape index (κ1) is 16.0. The zero-order valence-electron chi connectivity index (χ0n) is 11.3. The van der Waals surface area contributed by atoms with E-state index in [4.69, 9.17) is 16.7 Å².